The van der Waals surface area contributed by atoms with E-state index in [1.807, 2.05) is 26.8 Å². The van der Waals surface area contributed by atoms with Crippen LogP contribution in [0.3, 0.4) is 0 Å². The quantitative estimate of drug-likeness (QED) is 0.794. The van der Waals surface area contributed by atoms with Crippen molar-refractivity contribution in [1.29, 1.82) is 0 Å². The summed E-state index contributed by atoms with van der Waals surface area (Å²) in [6.07, 6.45) is 1.46. The first kappa shape index (κ1) is 17.8. The van der Waals surface area contributed by atoms with E-state index in [9.17, 15) is 13.2 Å². The van der Waals surface area contributed by atoms with Gasteiger partial charge in [0.1, 0.15) is 5.60 Å². The zero-order valence-electron chi connectivity index (χ0n) is 15.5. The van der Waals surface area contributed by atoms with Gasteiger partial charge in [0.25, 0.3) is 0 Å². The van der Waals surface area contributed by atoms with Crippen molar-refractivity contribution in [1.82, 2.24) is 9.21 Å². The predicted octanol–water partition coefficient (Wildman–Crippen LogP) is 2.71. The van der Waals surface area contributed by atoms with Crippen molar-refractivity contribution >= 4 is 16.1 Å². The third-order valence-corrected chi connectivity index (χ3v) is 7.75. The summed E-state index contributed by atoms with van der Waals surface area (Å²) in [6.45, 7) is 6.75. The highest BCUT2D eigenvalue weighted by Crippen LogP contribution is 2.51. The summed E-state index contributed by atoms with van der Waals surface area (Å²) in [6, 6.07) is 8.65. The van der Waals surface area contributed by atoms with E-state index in [-0.39, 0.29) is 30.0 Å². The predicted molar refractivity (Wildman–Crippen MR) is 97.1 cm³/mol. The van der Waals surface area contributed by atoms with Crippen LogP contribution in [-0.2, 0) is 14.8 Å². The largest absolute Gasteiger partial charge is 0.444 e. The van der Waals surface area contributed by atoms with Crippen LogP contribution in [0.25, 0.3) is 0 Å². The maximum atomic E-state index is 13.2. The van der Waals surface area contributed by atoms with E-state index in [1.54, 1.807) is 33.5 Å². The number of ether oxygens (including phenoxy) is 1. The summed E-state index contributed by atoms with van der Waals surface area (Å²) < 4.78 is 33.5. The molecule has 26 heavy (non-hydrogen) atoms. The first-order valence-corrected chi connectivity index (χ1v) is 10.7. The van der Waals surface area contributed by atoms with Crippen LogP contribution in [0.2, 0.25) is 0 Å². The number of amides is 1. The van der Waals surface area contributed by atoms with Gasteiger partial charge in [-0.3, -0.25) is 0 Å². The Morgan fingerprint density at radius 1 is 1.04 bits per heavy atom. The van der Waals surface area contributed by atoms with Crippen LogP contribution < -0.4 is 0 Å². The SMILES string of the molecule is CC(C)(C)OC(=O)N1C[C@@H]2[C@H](C1)[C@H]1CC[C@@H]2N1S(=O)(=O)c1ccccc1. The molecule has 0 radical (unpaired) electrons. The number of nitrogens with zero attached hydrogens (tertiary/aromatic N) is 2. The van der Waals surface area contributed by atoms with Crippen LogP contribution in [0.1, 0.15) is 33.6 Å². The van der Waals surface area contributed by atoms with Crippen LogP contribution in [-0.4, -0.2) is 54.5 Å². The van der Waals surface area contributed by atoms with Gasteiger partial charge in [0.05, 0.1) is 4.90 Å². The topological polar surface area (TPSA) is 66.9 Å². The normalized spacial score (nSPS) is 31.3. The monoisotopic (exact) mass is 378 g/mol. The Hall–Kier alpha value is -1.60. The third-order valence-electron chi connectivity index (χ3n) is 5.78. The molecule has 1 aromatic rings. The van der Waals surface area contributed by atoms with Crippen molar-refractivity contribution in [2.24, 2.45) is 11.8 Å². The fourth-order valence-electron chi connectivity index (χ4n) is 4.86. The first-order chi connectivity index (χ1) is 12.2. The fraction of sp³-hybridized carbons (Fsp3) is 0.632. The number of carbonyl (C=O) groups is 1. The van der Waals surface area contributed by atoms with E-state index in [1.165, 1.54) is 0 Å². The van der Waals surface area contributed by atoms with Crippen LogP contribution in [0.15, 0.2) is 35.2 Å². The van der Waals surface area contributed by atoms with Crippen molar-refractivity contribution in [3.8, 4) is 0 Å². The van der Waals surface area contributed by atoms with Crippen molar-refractivity contribution < 1.29 is 17.9 Å². The minimum atomic E-state index is -3.48. The zero-order chi connectivity index (χ0) is 18.7. The summed E-state index contributed by atoms with van der Waals surface area (Å²) in [4.78, 5) is 14.5. The van der Waals surface area contributed by atoms with Gasteiger partial charge in [0.15, 0.2) is 0 Å². The lowest BCUT2D eigenvalue weighted by Gasteiger charge is -2.28. The molecule has 2 bridgehead atoms. The summed E-state index contributed by atoms with van der Waals surface area (Å²) in [5.41, 5.74) is -0.517. The van der Waals surface area contributed by atoms with Gasteiger partial charge < -0.3 is 9.64 Å². The molecule has 3 aliphatic rings. The highest BCUT2D eigenvalue weighted by Gasteiger charge is 2.60. The molecule has 0 saturated carbocycles. The van der Waals surface area contributed by atoms with E-state index in [0.29, 0.717) is 18.0 Å². The number of rotatable bonds is 2. The number of hydrogen-bond acceptors (Lipinski definition) is 4. The lowest BCUT2D eigenvalue weighted by Crippen LogP contribution is -2.42. The van der Waals surface area contributed by atoms with Crippen LogP contribution in [0, 0.1) is 11.8 Å². The van der Waals surface area contributed by atoms with Gasteiger partial charge in [-0.05, 0) is 57.6 Å². The molecule has 1 amide bonds. The molecule has 3 saturated heterocycles. The fourth-order valence-corrected chi connectivity index (χ4v) is 6.84. The van der Waals surface area contributed by atoms with Crippen LogP contribution >= 0.6 is 0 Å². The molecule has 0 aromatic heterocycles. The van der Waals surface area contributed by atoms with Gasteiger partial charge in [0, 0.05) is 25.2 Å². The van der Waals surface area contributed by atoms with E-state index in [4.69, 9.17) is 4.74 Å². The molecule has 6 nitrogen and oxygen atoms in total. The highest BCUT2D eigenvalue weighted by molar-refractivity contribution is 7.89. The molecule has 0 aliphatic carbocycles. The Morgan fingerprint density at radius 2 is 1.58 bits per heavy atom. The molecule has 0 N–H and O–H groups in total. The van der Waals surface area contributed by atoms with Gasteiger partial charge in [-0.15, -0.1) is 0 Å². The van der Waals surface area contributed by atoms with Gasteiger partial charge in [-0.25, -0.2) is 13.2 Å². The Labute approximate surface area is 155 Å². The molecule has 3 aliphatic heterocycles. The number of fused-ring (bicyclic) bond motifs is 5. The Balaban J connectivity index is 1.54. The lowest BCUT2D eigenvalue weighted by atomic mass is 9.82. The molecule has 4 atom stereocenters. The second-order valence-electron chi connectivity index (χ2n) is 8.57. The molecule has 1 aromatic carbocycles. The smallest absolute Gasteiger partial charge is 0.410 e. The van der Waals surface area contributed by atoms with Crippen molar-refractivity contribution in [2.75, 3.05) is 13.1 Å². The molecule has 7 heteroatoms. The Bertz CT molecular complexity index is 783. The zero-order valence-corrected chi connectivity index (χ0v) is 16.3. The minimum absolute atomic E-state index is 0.0114. The van der Waals surface area contributed by atoms with E-state index in [2.05, 4.69) is 0 Å². The minimum Gasteiger partial charge on any atom is -0.444 e. The number of sulfonamides is 1. The molecule has 0 spiro atoms. The van der Waals surface area contributed by atoms with E-state index in [0.717, 1.165) is 12.8 Å². The standard InChI is InChI=1S/C19H26N2O4S/c1-19(2,3)25-18(22)20-11-14-15(12-20)17-10-9-16(14)21(17)26(23,24)13-7-5-4-6-8-13/h4-8,14-17H,9-12H2,1-3H3/t14-,15+,16+,17-. The average molecular weight is 378 g/mol. The number of carbonyl (C=O) groups excluding carboxylic acids is 1. The third kappa shape index (κ3) is 2.81. The maximum Gasteiger partial charge on any atom is 0.410 e. The van der Waals surface area contributed by atoms with Gasteiger partial charge in [-0.2, -0.15) is 4.31 Å². The molecule has 0 unspecified atom stereocenters. The summed E-state index contributed by atoms with van der Waals surface area (Å²) in [5, 5.41) is 0. The maximum absolute atomic E-state index is 13.2. The molecule has 3 fully saturated rings. The van der Waals surface area contributed by atoms with Gasteiger partial charge >= 0.3 is 6.09 Å². The molecule has 142 valence electrons. The second kappa shape index (κ2) is 5.96. The molecule has 3 heterocycles. The summed E-state index contributed by atoms with van der Waals surface area (Å²) in [5.74, 6) is 0.416. The number of likely N-dealkylation sites (tertiary alicyclic amines) is 1. The molecular formula is C19H26N2O4S. The molecule has 4 rings (SSSR count). The van der Waals surface area contributed by atoms with Crippen molar-refractivity contribution in [3.05, 3.63) is 30.3 Å². The molecular weight excluding hydrogens is 352 g/mol. The lowest BCUT2D eigenvalue weighted by molar-refractivity contribution is 0.0273. The number of hydrogen-bond donors (Lipinski definition) is 0. The Kier molecular flexibility index (Phi) is 4.08. The second-order valence-corrected chi connectivity index (χ2v) is 10.4. The summed E-state index contributed by atoms with van der Waals surface area (Å²) in [7, 11) is -3.48. The van der Waals surface area contributed by atoms with Crippen LogP contribution in [0.4, 0.5) is 4.79 Å². The first-order valence-electron chi connectivity index (χ1n) is 9.25. The van der Waals surface area contributed by atoms with E-state index < -0.39 is 15.6 Å². The Morgan fingerprint density at radius 3 is 2.08 bits per heavy atom. The summed E-state index contributed by atoms with van der Waals surface area (Å²) >= 11 is 0. The van der Waals surface area contributed by atoms with Crippen LogP contribution in [0.5, 0.6) is 0 Å². The number of benzene rings is 1. The van der Waals surface area contributed by atoms with Crippen molar-refractivity contribution in [2.45, 2.75) is 56.2 Å². The van der Waals surface area contributed by atoms with Crippen molar-refractivity contribution in [3.63, 3.8) is 0 Å². The van der Waals surface area contributed by atoms with Gasteiger partial charge in [0.2, 0.25) is 10.0 Å². The van der Waals surface area contributed by atoms with Gasteiger partial charge in [-0.1, -0.05) is 18.2 Å². The average Bonchev–Trinajstić information content (AvgIpc) is 3.24. The van der Waals surface area contributed by atoms with E-state index >= 15 is 0 Å². The highest BCUT2D eigenvalue weighted by atomic mass is 32.2.